The van der Waals surface area contributed by atoms with Gasteiger partial charge in [0.15, 0.2) is 5.60 Å². The van der Waals surface area contributed by atoms with E-state index in [0.29, 0.717) is 0 Å². The number of aliphatic hydroxyl groups is 16. The Balaban J connectivity index is 2.39. The van der Waals surface area contributed by atoms with Gasteiger partial charge < -0.3 is 91.2 Å². The molecule has 0 radical (unpaired) electrons. The van der Waals surface area contributed by atoms with Gasteiger partial charge in [-0.25, -0.2) is 0 Å². The van der Waals surface area contributed by atoms with Gasteiger partial charge >= 0.3 is 0 Å². The second-order valence-corrected chi connectivity index (χ2v) is 9.69. The maximum atomic E-state index is 11.9. The number of rotatable bonds is 5. The number of ether oxygens (including phenoxy) is 2. The highest BCUT2D eigenvalue weighted by molar-refractivity contribution is 5.29. The molecule has 3 rings (SSSR count). The van der Waals surface area contributed by atoms with Crippen molar-refractivity contribution in [2.24, 2.45) is 5.41 Å². The fourth-order valence-corrected chi connectivity index (χ4v) is 5.74. The van der Waals surface area contributed by atoms with E-state index >= 15 is 0 Å². The maximum absolute atomic E-state index is 11.9. The molecule has 18 heteroatoms. The van der Waals surface area contributed by atoms with Crippen molar-refractivity contribution in [3.63, 3.8) is 0 Å². The van der Waals surface area contributed by atoms with E-state index in [1.54, 1.807) is 0 Å². The van der Waals surface area contributed by atoms with Crippen LogP contribution < -0.4 is 0 Å². The van der Waals surface area contributed by atoms with Crippen LogP contribution in [-0.2, 0) is 9.47 Å². The molecule has 0 amide bonds. The molecule has 218 valence electrons. The van der Waals surface area contributed by atoms with Gasteiger partial charge in [-0.1, -0.05) is 0 Å². The van der Waals surface area contributed by atoms with Crippen LogP contribution in [0.5, 0.6) is 0 Å². The Morgan fingerprint density at radius 1 is 0.459 bits per heavy atom. The first-order valence-corrected chi connectivity index (χ1v) is 11.2. The van der Waals surface area contributed by atoms with E-state index in [0.717, 1.165) is 0 Å². The molecule has 37 heavy (non-hydrogen) atoms. The Kier molecular flexibility index (Phi) is 8.36. The molecule has 16 atom stereocenters. The summed E-state index contributed by atoms with van der Waals surface area (Å²) in [6.45, 7) is -4.42. The van der Waals surface area contributed by atoms with Crippen molar-refractivity contribution in [2.45, 2.75) is 90.4 Å². The third kappa shape index (κ3) is 3.66. The van der Waals surface area contributed by atoms with Crippen molar-refractivity contribution in [3.05, 3.63) is 0 Å². The summed E-state index contributed by atoms with van der Waals surface area (Å²) in [6, 6.07) is 0. The minimum absolute atomic E-state index is 1.22. The summed E-state index contributed by atoms with van der Waals surface area (Å²) in [4.78, 5) is 0. The molecule has 2 heterocycles. The first-order valence-electron chi connectivity index (χ1n) is 11.2. The minimum Gasteiger partial charge on any atom is -0.395 e. The Morgan fingerprint density at radius 3 is 1.22 bits per heavy atom. The van der Waals surface area contributed by atoms with Crippen LogP contribution in [-0.4, -0.2) is 192 Å². The highest BCUT2D eigenvalue weighted by Gasteiger charge is 2.85. The summed E-state index contributed by atoms with van der Waals surface area (Å²) < 4.78 is 10.1. The monoisotopic (exact) mass is 550 g/mol. The Hall–Kier alpha value is -0.720. The summed E-state index contributed by atoms with van der Waals surface area (Å²) in [5, 5.41) is 169. The van der Waals surface area contributed by atoms with Crippen molar-refractivity contribution in [1.29, 1.82) is 0 Å². The maximum Gasteiger partial charge on any atom is 0.228 e. The van der Waals surface area contributed by atoms with Crippen LogP contribution in [0.3, 0.4) is 0 Å². The predicted molar refractivity (Wildman–Crippen MR) is 108 cm³/mol. The first-order chi connectivity index (χ1) is 17.0. The Labute approximate surface area is 207 Å². The molecule has 0 bridgehead atoms. The zero-order chi connectivity index (χ0) is 28.5. The average Bonchev–Trinajstić information content (AvgIpc) is 2.88. The largest absolute Gasteiger partial charge is 0.395 e. The summed E-state index contributed by atoms with van der Waals surface area (Å²) in [5.74, 6) is -7.89. The van der Waals surface area contributed by atoms with E-state index < -0.39 is 116 Å². The highest BCUT2D eigenvalue weighted by atomic mass is 16.7. The molecular formula is C19H34O18. The number of aliphatic hydroxyl groups excluding tert-OH is 13. The van der Waals surface area contributed by atoms with Gasteiger partial charge in [-0.2, -0.15) is 0 Å². The molecule has 18 nitrogen and oxygen atoms in total. The molecule has 16 N–H and O–H groups in total. The van der Waals surface area contributed by atoms with E-state index in [9.17, 15) is 81.7 Å². The molecule has 3 aliphatic rings. The Morgan fingerprint density at radius 2 is 0.811 bits per heavy atom. The molecule has 0 aromatic heterocycles. The van der Waals surface area contributed by atoms with E-state index in [-0.39, 0.29) is 0 Å². The zero-order valence-electron chi connectivity index (χ0n) is 19.0. The molecule has 0 unspecified atom stereocenters. The van der Waals surface area contributed by atoms with Crippen molar-refractivity contribution in [3.8, 4) is 0 Å². The van der Waals surface area contributed by atoms with Gasteiger partial charge in [0.2, 0.25) is 11.6 Å². The van der Waals surface area contributed by atoms with E-state index in [1.807, 2.05) is 0 Å². The smallest absolute Gasteiger partial charge is 0.228 e. The number of hydrogen-bond donors (Lipinski definition) is 16. The predicted octanol–water partition coefficient (Wildman–Crippen LogP) is -10.5. The van der Waals surface area contributed by atoms with Gasteiger partial charge in [0.1, 0.15) is 72.6 Å². The topological polar surface area (TPSA) is 342 Å². The fraction of sp³-hybridized carbons (Fsp3) is 1.00. The van der Waals surface area contributed by atoms with Gasteiger partial charge in [0, 0.05) is 0 Å². The quantitative estimate of drug-likeness (QED) is 0.151. The van der Waals surface area contributed by atoms with Crippen molar-refractivity contribution in [2.75, 3.05) is 19.8 Å². The van der Waals surface area contributed by atoms with Crippen LogP contribution >= 0.6 is 0 Å². The van der Waals surface area contributed by atoms with E-state index in [2.05, 4.69) is 0 Å². The summed E-state index contributed by atoms with van der Waals surface area (Å²) in [6.07, 6.45) is -30.7. The van der Waals surface area contributed by atoms with Crippen molar-refractivity contribution in [1.82, 2.24) is 0 Å². The standard InChI is InChI=1S/C19H34O18/c20-1-4-6(23)8(25)14(31)18(34,36-4)16(3-22)12(29)10(27)11(28)13(30)17(16,33)19(35)15(32)9(26)7(24)5(2-21)37-19/h4-15,20-35H,1-3H2/t4-,5-,6+,7+,8+,9+,10+,11+,12-,13+,14-,15-,16+,17-,18+,19-/m1/s1. The average molecular weight is 550 g/mol. The van der Waals surface area contributed by atoms with Gasteiger partial charge in [0.05, 0.1) is 25.9 Å². The van der Waals surface area contributed by atoms with Crippen molar-refractivity contribution >= 4 is 0 Å². The molecule has 1 aliphatic carbocycles. The highest BCUT2D eigenvalue weighted by Crippen LogP contribution is 2.60. The van der Waals surface area contributed by atoms with Gasteiger partial charge in [-0.15, -0.1) is 0 Å². The summed E-state index contributed by atoms with van der Waals surface area (Å²) >= 11 is 0. The third-order valence-corrected chi connectivity index (χ3v) is 7.98. The molecule has 1 saturated carbocycles. The van der Waals surface area contributed by atoms with Gasteiger partial charge in [0.25, 0.3) is 0 Å². The van der Waals surface area contributed by atoms with Gasteiger partial charge in [-0.3, -0.25) is 0 Å². The molecule has 2 aliphatic heterocycles. The van der Waals surface area contributed by atoms with Crippen LogP contribution in [0.2, 0.25) is 0 Å². The second-order valence-electron chi connectivity index (χ2n) is 9.69. The van der Waals surface area contributed by atoms with Crippen LogP contribution in [0.4, 0.5) is 0 Å². The lowest BCUT2D eigenvalue weighted by molar-refractivity contribution is -0.503. The van der Waals surface area contributed by atoms with Crippen LogP contribution in [0.25, 0.3) is 0 Å². The van der Waals surface area contributed by atoms with Crippen LogP contribution in [0.15, 0.2) is 0 Å². The molecule has 0 aromatic rings. The fourth-order valence-electron chi connectivity index (χ4n) is 5.74. The lowest BCUT2D eigenvalue weighted by Crippen LogP contribution is -2.92. The molecule has 2 saturated heterocycles. The lowest BCUT2D eigenvalue weighted by Gasteiger charge is -2.68. The van der Waals surface area contributed by atoms with Crippen molar-refractivity contribution < 1.29 is 91.2 Å². The summed E-state index contributed by atoms with van der Waals surface area (Å²) in [7, 11) is 0. The lowest BCUT2D eigenvalue weighted by atomic mass is 9.49. The minimum atomic E-state index is -4.15. The van der Waals surface area contributed by atoms with E-state index in [1.165, 1.54) is 0 Å². The van der Waals surface area contributed by atoms with Gasteiger partial charge in [-0.05, 0) is 0 Å². The molecular weight excluding hydrogens is 516 g/mol. The second kappa shape index (κ2) is 10.0. The Bertz CT molecular complexity index is 816. The summed E-state index contributed by atoms with van der Waals surface area (Å²) in [5.41, 5.74) is -7.91. The number of hydrogen-bond acceptors (Lipinski definition) is 18. The molecule has 0 aromatic carbocycles. The molecule has 3 fully saturated rings. The normalized spacial score (nSPS) is 59.4. The zero-order valence-corrected chi connectivity index (χ0v) is 19.0. The SMILES string of the molecule is OC[C@H]1O[C@](O)([C@@]2(CO)[C@H](O)[C@@H](O)[C@H](O)[C@H](O)[C@]2(O)[C@]2(O)O[C@H](CO)[C@H](O)[C@H](O)[C@H]2O)[C@H](O)[C@@H](O)[C@H]1O. The van der Waals surface area contributed by atoms with E-state index in [4.69, 9.17) is 9.47 Å². The third-order valence-electron chi connectivity index (χ3n) is 7.98. The first kappa shape index (κ1) is 30.8. The molecule has 0 spiro atoms. The van der Waals surface area contributed by atoms with Crippen LogP contribution in [0.1, 0.15) is 0 Å². The van der Waals surface area contributed by atoms with Crippen LogP contribution in [0, 0.1) is 5.41 Å².